The Hall–Kier alpha value is -0.890. The quantitative estimate of drug-likeness (QED) is 0.692. The Bertz CT molecular complexity index is 243. The standard InChI is InChI=1S/C9H14N2/c1-3-8-4-7(2)6-11-9(8)5-10/h4,6H,3,5,10H2,1-2H3. The fourth-order valence-electron chi connectivity index (χ4n) is 1.15. The van der Waals surface area contributed by atoms with Crippen LogP contribution < -0.4 is 5.73 Å². The molecule has 0 radical (unpaired) electrons. The Labute approximate surface area is 67.5 Å². The minimum absolute atomic E-state index is 0.545. The lowest BCUT2D eigenvalue weighted by atomic mass is 10.1. The molecule has 1 aromatic rings. The van der Waals surface area contributed by atoms with Gasteiger partial charge in [-0.15, -0.1) is 0 Å². The molecule has 0 bridgehead atoms. The zero-order chi connectivity index (χ0) is 8.27. The van der Waals surface area contributed by atoms with E-state index in [1.165, 1.54) is 11.1 Å². The molecule has 2 N–H and O–H groups in total. The average Bonchev–Trinajstić information content (AvgIpc) is 2.04. The molecule has 1 aromatic heterocycles. The van der Waals surface area contributed by atoms with E-state index < -0.39 is 0 Å². The monoisotopic (exact) mass is 150 g/mol. The van der Waals surface area contributed by atoms with Gasteiger partial charge < -0.3 is 5.73 Å². The van der Waals surface area contributed by atoms with Crippen LogP contribution in [-0.2, 0) is 13.0 Å². The van der Waals surface area contributed by atoms with Gasteiger partial charge in [-0.25, -0.2) is 0 Å². The van der Waals surface area contributed by atoms with E-state index in [1.54, 1.807) is 0 Å². The van der Waals surface area contributed by atoms with E-state index in [0.717, 1.165) is 12.1 Å². The molecule has 0 spiro atoms. The molecular formula is C9H14N2. The van der Waals surface area contributed by atoms with Crippen LogP contribution in [0.1, 0.15) is 23.7 Å². The Morgan fingerprint density at radius 2 is 2.27 bits per heavy atom. The minimum atomic E-state index is 0.545. The average molecular weight is 150 g/mol. The highest BCUT2D eigenvalue weighted by Gasteiger charge is 1.98. The van der Waals surface area contributed by atoms with E-state index in [-0.39, 0.29) is 0 Å². The molecule has 0 aliphatic carbocycles. The molecule has 0 atom stereocenters. The van der Waals surface area contributed by atoms with Crippen molar-refractivity contribution in [3.8, 4) is 0 Å². The van der Waals surface area contributed by atoms with Crippen LogP contribution in [-0.4, -0.2) is 4.98 Å². The predicted molar refractivity (Wildman–Crippen MR) is 46.2 cm³/mol. The van der Waals surface area contributed by atoms with Gasteiger partial charge in [0.2, 0.25) is 0 Å². The Balaban J connectivity index is 3.06. The highest BCUT2D eigenvalue weighted by atomic mass is 14.7. The lowest BCUT2D eigenvalue weighted by Crippen LogP contribution is -2.04. The summed E-state index contributed by atoms with van der Waals surface area (Å²) in [7, 11) is 0. The van der Waals surface area contributed by atoms with E-state index in [4.69, 9.17) is 5.73 Å². The smallest absolute Gasteiger partial charge is 0.0571 e. The fourth-order valence-corrected chi connectivity index (χ4v) is 1.15. The number of hydrogen-bond donors (Lipinski definition) is 1. The molecule has 2 nitrogen and oxygen atoms in total. The zero-order valence-electron chi connectivity index (χ0n) is 7.09. The maximum Gasteiger partial charge on any atom is 0.0571 e. The van der Waals surface area contributed by atoms with Gasteiger partial charge in [-0.05, 0) is 24.5 Å². The SMILES string of the molecule is CCc1cc(C)cnc1CN. The Morgan fingerprint density at radius 3 is 2.82 bits per heavy atom. The third-order valence-corrected chi connectivity index (χ3v) is 1.77. The minimum Gasteiger partial charge on any atom is -0.325 e. The van der Waals surface area contributed by atoms with Crippen LogP contribution in [0, 0.1) is 6.92 Å². The fraction of sp³-hybridized carbons (Fsp3) is 0.444. The lowest BCUT2D eigenvalue weighted by Gasteiger charge is -2.04. The predicted octanol–water partition coefficient (Wildman–Crippen LogP) is 1.41. The van der Waals surface area contributed by atoms with Gasteiger partial charge in [0.25, 0.3) is 0 Å². The third-order valence-electron chi connectivity index (χ3n) is 1.77. The van der Waals surface area contributed by atoms with Crippen LogP contribution in [0.15, 0.2) is 12.3 Å². The van der Waals surface area contributed by atoms with Crippen molar-refractivity contribution in [2.24, 2.45) is 5.73 Å². The molecule has 0 fully saturated rings. The summed E-state index contributed by atoms with van der Waals surface area (Å²) in [5, 5.41) is 0. The number of hydrogen-bond acceptors (Lipinski definition) is 2. The Kier molecular flexibility index (Phi) is 2.60. The van der Waals surface area contributed by atoms with E-state index in [0.29, 0.717) is 6.54 Å². The van der Waals surface area contributed by atoms with Crippen molar-refractivity contribution < 1.29 is 0 Å². The highest BCUT2D eigenvalue weighted by molar-refractivity contribution is 5.24. The summed E-state index contributed by atoms with van der Waals surface area (Å²) in [5.74, 6) is 0. The van der Waals surface area contributed by atoms with Crippen LogP contribution in [0.25, 0.3) is 0 Å². The molecule has 0 saturated carbocycles. The number of pyridine rings is 1. The first kappa shape index (κ1) is 8.21. The normalized spacial score (nSPS) is 10.1. The first-order chi connectivity index (χ1) is 5.27. The molecule has 1 heterocycles. The molecule has 11 heavy (non-hydrogen) atoms. The number of nitrogens with two attached hydrogens (primary N) is 1. The maximum atomic E-state index is 5.51. The summed E-state index contributed by atoms with van der Waals surface area (Å²) < 4.78 is 0. The van der Waals surface area contributed by atoms with Crippen molar-refractivity contribution in [1.29, 1.82) is 0 Å². The zero-order valence-corrected chi connectivity index (χ0v) is 7.09. The number of nitrogens with zero attached hydrogens (tertiary/aromatic N) is 1. The summed E-state index contributed by atoms with van der Waals surface area (Å²) in [6, 6.07) is 2.15. The van der Waals surface area contributed by atoms with Gasteiger partial charge in [0.15, 0.2) is 0 Å². The van der Waals surface area contributed by atoms with Crippen molar-refractivity contribution in [1.82, 2.24) is 4.98 Å². The van der Waals surface area contributed by atoms with E-state index in [9.17, 15) is 0 Å². The third kappa shape index (κ3) is 1.77. The van der Waals surface area contributed by atoms with Crippen LogP contribution in [0.5, 0.6) is 0 Å². The van der Waals surface area contributed by atoms with Gasteiger partial charge in [-0.2, -0.15) is 0 Å². The number of rotatable bonds is 2. The van der Waals surface area contributed by atoms with Gasteiger partial charge in [0.05, 0.1) is 5.69 Å². The number of aryl methyl sites for hydroxylation is 2. The molecule has 0 aliphatic rings. The van der Waals surface area contributed by atoms with Crippen molar-refractivity contribution in [3.63, 3.8) is 0 Å². The lowest BCUT2D eigenvalue weighted by molar-refractivity contribution is 0.929. The molecule has 0 aromatic carbocycles. The summed E-state index contributed by atoms with van der Waals surface area (Å²) in [6.07, 6.45) is 2.88. The van der Waals surface area contributed by atoms with Crippen LogP contribution in [0.3, 0.4) is 0 Å². The van der Waals surface area contributed by atoms with Gasteiger partial charge in [0.1, 0.15) is 0 Å². The first-order valence-corrected chi connectivity index (χ1v) is 3.92. The highest BCUT2D eigenvalue weighted by Crippen LogP contribution is 2.07. The topological polar surface area (TPSA) is 38.9 Å². The summed E-state index contributed by atoms with van der Waals surface area (Å²) in [4.78, 5) is 4.24. The van der Waals surface area contributed by atoms with Crippen LogP contribution in [0.2, 0.25) is 0 Å². The van der Waals surface area contributed by atoms with Gasteiger partial charge in [-0.1, -0.05) is 13.0 Å². The molecule has 0 amide bonds. The van der Waals surface area contributed by atoms with Crippen molar-refractivity contribution >= 4 is 0 Å². The summed E-state index contributed by atoms with van der Waals surface area (Å²) in [6.45, 7) is 4.71. The van der Waals surface area contributed by atoms with E-state index in [1.807, 2.05) is 13.1 Å². The second kappa shape index (κ2) is 3.49. The number of aromatic nitrogens is 1. The van der Waals surface area contributed by atoms with Crippen LogP contribution >= 0.6 is 0 Å². The van der Waals surface area contributed by atoms with E-state index >= 15 is 0 Å². The first-order valence-electron chi connectivity index (χ1n) is 3.92. The van der Waals surface area contributed by atoms with Crippen molar-refractivity contribution in [2.45, 2.75) is 26.8 Å². The van der Waals surface area contributed by atoms with Crippen molar-refractivity contribution in [2.75, 3.05) is 0 Å². The molecule has 2 heteroatoms. The molecule has 1 rings (SSSR count). The summed E-state index contributed by atoms with van der Waals surface area (Å²) in [5.41, 5.74) is 9.02. The molecular weight excluding hydrogens is 136 g/mol. The second-order valence-corrected chi connectivity index (χ2v) is 2.68. The van der Waals surface area contributed by atoms with Crippen molar-refractivity contribution in [3.05, 3.63) is 29.1 Å². The largest absolute Gasteiger partial charge is 0.325 e. The molecule has 0 aliphatic heterocycles. The second-order valence-electron chi connectivity index (χ2n) is 2.68. The van der Waals surface area contributed by atoms with E-state index in [2.05, 4.69) is 18.0 Å². The maximum absolute atomic E-state index is 5.51. The van der Waals surface area contributed by atoms with Crippen LogP contribution in [0.4, 0.5) is 0 Å². The molecule has 0 unspecified atom stereocenters. The van der Waals surface area contributed by atoms with Gasteiger partial charge >= 0.3 is 0 Å². The summed E-state index contributed by atoms with van der Waals surface area (Å²) >= 11 is 0. The molecule has 0 saturated heterocycles. The van der Waals surface area contributed by atoms with Gasteiger partial charge in [0, 0.05) is 12.7 Å². The van der Waals surface area contributed by atoms with Gasteiger partial charge in [-0.3, -0.25) is 4.98 Å². The molecule has 60 valence electrons. The Morgan fingerprint density at radius 1 is 1.55 bits per heavy atom.